The summed E-state index contributed by atoms with van der Waals surface area (Å²) in [6.45, 7) is 0. The molecule has 2 rings (SSSR count). The molecule has 4 N–H and O–H groups in total. The zero-order valence-corrected chi connectivity index (χ0v) is 14.8. The maximum atomic E-state index is 12.5. The number of sulfonamides is 1. The second-order valence-electron chi connectivity index (χ2n) is 4.80. The number of nitrogens with zero attached hydrogens (tertiary/aromatic N) is 3. The lowest BCUT2D eigenvalue weighted by atomic mass is 10.2. The van der Waals surface area contributed by atoms with Crippen LogP contribution in [0.15, 0.2) is 69.9 Å². The van der Waals surface area contributed by atoms with Gasteiger partial charge in [-0.05, 0) is 48.0 Å². The Labute approximate surface area is 154 Å². The summed E-state index contributed by atoms with van der Waals surface area (Å²) in [5.74, 6) is 9.69. The zero-order valence-electron chi connectivity index (χ0n) is 13.2. The number of amides is 1. The number of carbonyl (C=O) groups is 1. The molecule has 0 fully saturated rings. The number of carbonyl (C=O) groups excluding carboxylic acids is 1. The van der Waals surface area contributed by atoms with E-state index >= 15 is 0 Å². The number of halogens is 1. The van der Waals surface area contributed by atoms with E-state index in [4.69, 9.17) is 17.4 Å². The normalized spacial score (nSPS) is 11.8. The highest BCUT2D eigenvalue weighted by molar-refractivity contribution is 7.92. The molecule has 0 spiro atoms. The number of rotatable bonds is 6. The minimum absolute atomic E-state index is 0.00598. The Bertz CT molecular complexity index is 928. The average Bonchev–Trinajstić information content (AvgIpc) is 2.64. The molecule has 0 saturated carbocycles. The molecule has 136 valence electrons. The van der Waals surface area contributed by atoms with Gasteiger partial charge in [0.1, 0.15) is 0 Å². The van der Waals surface area contributed by atoms with E-state index in [1.807, 2.05) is 0 Å². The molecule has 0 unspecified atom stereocenters. The highest BCUT2D eigenvalue weighted by Crippen LogP contribution is 2.22. The van der Waals surface area contributed by atoms with Crippen molar-refractivity contribution in [1.82, 2.24) is 0 Å². The number of nitrogens with two attached hydrogens (primary N) is 2. The largest absolute Gasteiger partial charge is 0.291 e. The van der Waals surface area contributed by atoms with Crippen molar-refractivity contribution in [1.29, 1.82) is 0 Å². The fourth-order valence-electron chi connectivity index (χ4n) is 1.86. The van der Waals surface area contributed by atoms with Crippen LogP contribution in [0.4, 0.5) is 5.69 Å². The second-order valence-corrected chi connectivity index (χ2v) is 7.06. The van der Waals surface area contributed by atoms with Crippen LogP contribution in [-0.4, -0.2) is 14.3 Å². The van der Waals surface area contributed by atoms with Crippen LogP contribution in [0.5, 0.6) is 0 Å². The predicted octanol–water partition coefficient (Wildman–Crippen LogP) is 2.21. The second kappa shape index (κ2) is 8.54. The van der Waals surface area contributed by atoms with Crippen LogP contribution in [0.3, 0.4) is 0 Å². The van der Waals surface area contributed by atoms with Crippen molar-refractivity contribution in [3.63, 3.8) is 0 Å². The third-order valence-electron chi connectivity index (χ3n) is 3.12. The quantitative estimate of drug-likeness (QED) is 0.332. The summed E-state index contributed by atoms with van der Waals surface area (Å²) in [6.07, 6.45) is 2.60. The average molecular weight is 396 g/mol. The van der Waals surface area contributed by atoms with Crippen LogP contribution in [0, 0.1) is 0 Å². The van der Waals surface area contributed by atoms with Crippen molar-refractivity contribution in [2.24, 2.45) is 22.1 Å². The Morgan fingerprint density at radius 3 is 2.31 bits per heavy atom. The number of benzene rings is 2. The first-order valence-corrected chi connectivity index (χ1v) is 8.81. The highest BCUT2D eigenvalue weighted by atomic mass is 35.5. The summed E-state index contributed by atoms with van der Waals surface area (Å²) < 4.78 is 25.7. The van der Waals surface area contributed by atoms with Crippen LogP contribution < -0.4 is 16.2 Å². The molecule has 26 heavy (non-hydrogen) atoms. The predicted molar refractivity (Wildman–Crippen MR) is 95.9 cm³/mol. The Morgan fingerprint density at radius 2 is 1.73 bits per heavy atom. The van der Waals surface area contributed by atoms with Gasteiger partial charge < -0.3 is 0 Å². The molecule has 0 heterocycles. The fraction of sp³-hybridized carbons (Fsp3) is 0. The third kappa shape index (κ3) is 4.86. The number of hydrogen-bond donors (Lipinski definition) is 2. The summed E-state index contributed by atoms with van der Waals surface area (Å²) in [6, 6.07) is 11.8. The van der Waals surface area contributed by atoms with Crippen molar-refractivity contribution in [3.8, 4) is 0 Å². The van der Waals surface area contributed by atoms with E-state index in [-0.39, 0.29) is 10.6 Å². The minimum Gasteiger partial charge on any atom is -0.282 e. The van der Waals surface area contributed by atoms with Gasteiger partial charge >= 0.3 is 0 Å². The van der Waals surface area contributed by atoms with Gasteiger partial charge in [-0.2, -0.15) is 8.42 Å². The van der Waals surface area contributed by atoms with Crippen LogP contribution in [0.2, 0.25) is 5.02 Å². The van der Waals surface area contributed by atoms with Crippen LogP contribution >= 0.6 is 11.6 Å². The zero-order chi connectivity index (χ0) is 19.2. The van der Waals surface area contributed by atoms with Crippen molar-refractivity contribution >= 4 is 39.3 Å². The van der Waals surface area contributed by atoms with E-state index in [0.717, 1.165) is 6.08 Å². The topological polar surface area (TPSA) is 140 Å². The molecule has 0 bridgehead atoms. The molecule has 0 atom stereocenters. The smallest absolute Gasteiger partial charge is 0.282 e. The Hall–Kier alpha value is -2.79. The lowest BCUT2D eigenvalue weighted by Gasteiger charge is -2.19. The van der Waals surface area contributed by atoms with Gasteiger partial charge in [0.05, 0.1) is 15.9 Å². The fourth-order valence-corrected chi connectivity index (χ4v) is 3.09. The minimum atomic E-state index is -3.93. The Balaban J connectivity index is 2.16. The third-order valence-corrected chi connectivity index (χ3v) is 4.97. The summed E-state index contributed by atoms with van der Waals surface area (Å²) in [7, 11) is -3.93. The summed E-state index contributed by atoms with van der Waals surface area (Å²) in [5, 5.41) is 6.41. The van der Waals surface area contributed by atoms with Crippen molar-refractivity contribution in [2.45, 2.75) is 4.90 Å². The molecule has 2 aromatic rings. The molecule has 0 saturated heterocycles. The first-order chi connectivity index (χ1) is 12.3. The molecule has 0 aromatic heterocycles. The van der Waals surface area contributed by atoms with E-state index in [1.165, 1.54) is 42.5 Å². The van der Waals surface area contributed by atoms with Crippen molar-refractivity contribution in [2.75, 3.05) is 4.41 Å². The first kappa shape index (κ1) is 19.5. The van der Waals surface area contributed by atoms with Gasteiger partial charge in [0.25, 0.3) is 15.9 Å². The maximum Gasteiger partial charge on any atom is 0.291 e. The van der Waals surface area contributed by atoms with Gasteiger partial charge in [0, 0.05) is 11.1 Å². The SMILES string of the molecule is NON=NC(=O)/C=C/c1ccc(N(N)S(=O)(=O)c2ccc(Cl)cc2)cc1. The van der Waals surface area contributed by atoms with Crippen LogP contribution in [-0.2, 0) is 19.8 Å². The van der Waals surface area contributed by atoms with Gasteiger partial charge in [-0.1, -0.05) is 28.8 Å². The number of anilines is 1. The highest BCUT2D eigenvalue weighted by Gasteiger charge is 2.21. The lowest BCUT2D eigenvalue weighted by molar-refractivity contribution is -0.114. The first-order valence-electron chi connectivity index (χ1n) is 6.99. The molecule has 0 radical (unpaired) electrons. The molecule has 9 nitrogen and oxygen atoms in total. The van der Waals surface area contributed by atoms with Crippen molar-refractivity contribution < 1.29 is 18.2 Å². The van der Waals surface area contributed by atoms with E-state index in [1.54, 1.807) is 12.1 Å². The maximum absolute atomic E-state index is 12.5. The summed E-state index contributed by atoms with van der Waals surface area (Å²) >= 11 is 5.76. The van der Waals surface area contributed by atoms with Gasteiger partial charge in [-0.15, -0.1) is 5.90 Å². The summed E-state index contributed by atoms with van der Waals surface area (Å²) in [4.78, 5) is 15.1. The van der Waals surface area contributed by atoms with Crippen molar-refractivity contribution in [3.05, 3.63) is 65.2 Å². The van der Waals surface area contributed by atoms with Gasteiger partial charge in [0.2, 0.25) is 0 Å². The van der Waals surface area contributed by atoms with Crippen LogP contribution in [0.25, 0.3) is 6.08 Å². The van der Waals surface area contributed by atoms with E-state index in [0.29, 0.717) is 15.0 Å². The standard InChI is InChI=1S/C15H14ClN5O4S/c16-12-4-8-14(9-5-12)26(23,24)21(17)13-6-1-11(2-7-13)3-10-15(22)19-20-25-18/h1-10H,17-18H2/b10-3+,20-19?. The van der Waals surface area contributed by atoms with E-state index < -0.39 is 15.9 Å². The van der Waals surface area contributed by atoms with E-state index in [9.17, 15) is 13.2 Å². The Morgan fingerprint density at radius 1 is 1.12 bits per heavy atom. The van der Waals surface area contributed by atoms with Gasteiger partial charge in [0.15, 0.2) is 0 Å². The van der Waals surface area contributed by atoms with E-state index in [2.05, 4.69) is 21.2 Å². The molecule has 0 aliphatic heterocycles. The molecule has 0 aliphatic rings. The molecular formula is C15H14ClN5O4S. The molecular weight excluding hydrogens is 382 g/mol. The lowest BCUT2D eigenvalue weighted by Crippen LogP contribution is -2.37. The Kier molecular flexibility index (Phi) is 6.41. The monoisotopic (exact) mass is 395 g/mol. The molecule has 11 heteroatoms. The number of hydrogen-bond acceptors (Lipinski definition) is 7. The molecule has 1 amide bonds. The van der Waals surface area contributed by atoms with Crippen LogP contribution in [0.1, 0.15) is 5.56 Å². The summed E-state index contributed by atoms with van der Waals surface area (Å²) in [5.41, 5.74) is 0.850. The molecule has 0 aliphatic carbocycles. The van der Waals surface area contributed by atoms with Gasteiger partial charge in [-0.25, -0.2) is 10.3 Å². The molecule has 2 aromatic carbocycles. The van der Waals surface area contributed by atoms with Gasteiger partial charge in [-0.3, -0.25) is 9.73 Å². The number of hydrazine groups is 1.